The standard InChI is InChI=1S/C17H18N6O10S2/c18-16-20-8(4-34-16)11(22-32-3-9(24)21-30)12(26)19-2-7-13(27)23-14(7)35(31)5-6-1-10(25)33-17(6,23)15(28)29/h4,6-7,14,30H,1-3,5H2,(H2,18,20)(H,19,26)(H,21,24)(H,28,29)/b22-11-/t6-,7+,14+,17+,35?/m0/s1. The zero-order valence-corrected chi connectivity index (χ0v) is 19.2. The molecule has 1 aromatic rings. The number of hydroxylamine groups is 1. The second kappa shape index (κ2) is 9.19. The van der Waals surface area contributed by atoms with Gasteiger partial charge >= 0.3 is 11.9 Å². The predicted molar refractivity (Wildman–Crippen MR) is 114 cm³/mol. The Kier molecular flexibility index (Phi) is 6.43. The third-order valence-electron chi connectivity index (χ3n) is 5.63. The van der Waals surface area contributed by atoms with Crippen LogP contribution in [0.1, 0.15) is 12.1 Å². The highest BCUT2D eigenvalue weighted by molar-refractivity contribution is 7.85. The molecule has 3 aliphatic heterocycles. The number of amides is 3. The largest absolute Gasteiger partial charge is 0.477 e. The van der Waals surface area contributed by atoms with Gasteiger partial charge in [0.25, 0.3) is 17.5 Å². The zero-order valence-electron chi connectivity index (χ0n) is 17.5. The fourth-order valence-corrected chi connectivity index (χ4v) is 6.67. The average Bonchev–Trinajstić information content (AvgIpc) is 3.37. The second-order valence-corrected chi connectivity index (χ2v) is 10.1. The van der Waals surface area contributed by atoms with Crippen molar-refractivity contribution in [3.8, 4) is 0 Å². The number of oxime groups is 1. The van der Waals surface area contributed by atoms with Gasteiger partial charge in [0.1, 0.15) is 11.1 Å². The van der Waals surface area contributed by atoms with Crippen molar-refractivity contribution in [1.82, 2.24) is 20.7 Å². The van der Waals surface area contributed by atoms with Crippen molar-refractivity contribution in [2.75, 3.05) is 24.6 Å². The maximum absolute atomic E-state index is 12.9. The first kappa shape index (κ1) is 24.5. The molecule has 0 aromatic carbocycles. The number of nitrogens with zero attached hydrogens (tertiary/aromatic N) is 3. The van der Waals surface area contributed by atoms with Crippen LogP contribution in [0.4, 0.5) is 5.13 Å². The van der Waals surface area contributed by atoms with Gasteiger partial charge in [0.05, 0.1) is 18.3 Å². The molecule has 6 N–H and O–H groups in total. The first-order valence-corrected chi connectivity index (χ1v) is 12.1. The monoisotopic (exact) mass is 530 g/mol. The van der Waals surface area contributed by atoms with E-state index in [9.17, 15) is 33.3 Å². The average molecular weight is 530 g/mol. The van der Waals surface area contributed by atoms with Crippen LogP contribution in [0.2, 0.25) is 0 Å². The number of carboxylic acid groups (broad SMARTS) is 1. The number of esters is 1. The Morgan fingerprint density at radius 2 is 2.17 bits per heavy atom. The maximum Gasteiger partial charge on any atom is 0.370 e. The molecule has 5 atom stereocenters. The summed E-state index contributed by atoms with van der Waals surface area (Å²) < 4.78 is 17.8. The third-order valence-corrected chi connectivity index (χ3v) is 8.11. The molecular formula is C17H18N6O10S2. The van der Waals surface area contributed by atoms with Crippen molar-refractivity contribution in [1.29, 1.82) is 0 Å². The number of aromatic nitrogens is 1. The minimum atomic E-state index is -2.22. The first-order valence-electron chi connectivity index (χ1n) is 9.88. The van der Waals surface area contributed by atoms with Crippen molar-refractivity contribution >= 4 is 62.6 Å². The number of ether oxygens (including phenoxy) is 1. The number of β-lactam (4-membered cyclic amide) rings is 1. The minimum absolute atomic E-state index is 0.00255. The molecule has 1 unspecified atom stereocenters. The SMILES string of the molecule is Nc1nc(/C(=N/OCC(=O)NO)C(=O)NC[C@@H]2C(=O)N3[C@@H]2S(=O)C[C@@H]2CC(=O)O[C@@]23C(=O)O)cs1. The molecule has 0 saturated carbocycles. The molecule has 35 heavy (non-hydrogen) atoms. The van der Waals surface area contributed by atoms with E-state index in [4.69, 9.17) is 20.5 Å². The van der Waals surface area contributed by atoms with Gasteiger partial charge < -0.3 is 25.7 Å². The molecule has 4 rings (SSSR count). The molecule has 3 fully saturated rings. The number of anilines is 1. The first-order chi connectivity index (χ1) is 16.6. The van der Waals surface area contributed by atoms with Crippen LogP contribution in [0.25, 0.3) is 0 Å². The summed E-state index contributed by atoms with van der Waals surface area (Å²) in [5.41, 5.74) is 4.28. The van der Waals surface area contributed by atoms with Crippen molar-refractivity contribution in [3.63, 3.8) is 0 Å². The highest BCUT2D eigenvalue weighted by atomic mass is 32.2. The van der Waals surface area contributed by atoms with Crippen molar-refractivity contribution in [2.24, 2.45) is 17.0 Å². The number of fused-ring (bicyclic) bond motifs is 3. The molecule has 0 bridgehead atoms. The molecule has 0 aliphatic carbocycles. The molecular weight excluding hydrogens is 512 g/mol. The lowest BCUT2D eigenvalue weighted by atomic mass is 9.86. The highest BCUT2D eigenvalue weighted by Crippen LogP contribution is 2.49. The van der Waals surface area contributed by atoms with Crippen molar-refractivity contribution < 1.29 is 48.1 Å². The minimum Gasteiger partial charge on any atom is -0.477 e. The lowest BCUT2D eigenvalue weighted by molar-refractivity contribution is -0.219. The Morgan fingerprint density at radius 1 is 1.43 bits per heavy atom. The Bertz CT molecular complexity index is 1170. The van der Waals surface area contributed by atoms with Gasteiger partial charge in [-0.1, -0.05) is 5.16 Å². The van der Waals surface area contributed by atoms with Crippen LogP contribution >= 0.6 is 11.3 Å². The summed E-state index contributed by atoms with van der Waals surface area (Å²) in [5.74, 6) is -7.09. The van der Waals surface area contributed by atoms with E-state index in [1.54, 1.807) is 0 Å². The summed E-state index contributed by atoms with van der Waals surface area (Å²) >= 11 is 0.994. The summed E-state index contributed by atoms with van der Waals surface area (Å²) in [6.45, 7) is -1.07. The molecule has 0 radical (unpaired) electrons. The van der Waals surface area contributed by atoms with Gasteiger partial charge in [-0.15, -0.1) is 11.3 Å². The Balaban J connectivity index is 1.49. The molecule has 16 nitrogen and oxygen atoms in total. The lowest BCUT2D eigenvalue weighted by Gasteiger charge is -2.56. The number of carbonyl (C=O) groups excluding carboxylic acids is 4. The zero-order chi connectivity index (χ0) is 25.5. The van der Waals surface area contributed by atoms with Crippen molar-refractivity contribution in [3.05, 3.63) is 11.1 Å². The van der Waals surface area contributed by atoms with Crippen LogP contribution in [-0.2, 0) is 44.3 Å². The molecule has 1 aromatic heterocycles. The molecule has 188 valence electrons. The second-order valence-electron chi connectivity index (χ2n) is 7.66. The molecule has 3 saturated heterocycles. The lowest BCUT2D eigenvalue weighted by Crippen LogP contribution is -2.79. The van der Waals surface area contributed by atoms with Crippen LogP contribution in [0.15, 0.2) is 10.5 Å². The number of nitrogens with two attached hydrogens (primary N) is 1. The fourth-order valence-electron chi connectivity index (χ4n) is 4.11. The summed E-state index contributed by atoms with van der Waals surface area (Å²) in [5, 5.41) is 24.6. The van der Waals surface area contributed by atoms with Crippen LogP contribution in [0, 0.1) is 11.8 Å². The van der Waals surface area contributed by atoms with Crippen LogP contribution in [0.3, 0.4) is 0 Å². The van der Waals surface area contributed by atoms with Gasteiger partial charge in [-0.2, -0.15) is 0 Å². The summed E-state index contributed by atoms with van der Waals surface area (Å²) in [6, 6.07) is 0. The van der Waals surface area contributed by atoms with Gasteiger partial charge in [0, 0.05) is 28.5 Å². The van der Waals surface area contributed by atoms with E-state index in [1.807, 2.05) is 0 Å². The summed E-state index contributed by atoms with van der Waals surface area (Å²) in [7, 11) is -1.71. The third kappa shape index (κ3) is 4.08. The Hall–Kier alpha value is -3.64. The number of rotatable bonds is 8. The smallest absolute Gasteiger partial charge is 0.370 e. The van der Waals surface area contributed by atoms with Crippen molar-refractivity contribution in [2.45, 2.75) is 17.5 Å². The predicted octanol–water partition coefficient (Wildman–Crippen LogP) is -3.04. The highest BCUT2D eigenvalue weighted by Gasteiger charge is 2.72. The number of hydrogen-bond acceptors (Lipinski definition) is 13. The van der Waals surface area contributed by atoms with E-state index in [-0.39, 0.29) is 29.5 Å². The van der Waals surface area contributed by atoms with Gasteiger partial charge in [0.15, 0.2) is 17.5 Å². The number of hydrogen-bond donors (Lipinski definition) is 5. The maximum atomic E-state index is 12.9. The van der Waals surface area contributed by atoms with E-state index in [0.717, 1.165) is 16.2 Å². The van der Waals surface area contributed by atoms with E-state index in [2.05, 4.69) is 15.5 Å². The van der Waals surface area contributed by atoms with E-state index in [0.29, 0.717) is 0 Å². The van der Waals surface area contributed by atoms with E-state index >= 15 is 0 Å². The van der Waals surface area contributed by atoms with Gasteiger partial charge in [-0.3, -0.25) is 33.5 Å². The van der Waals surface area contributed by atoms with E-state index in [1.165, 1.54) is 10.9 Å². The van der Waals surface area contributed by atoms with Crippen LogP contribution < -0.4 is 16.5 Å². The normalized spacial score (nSPS) is 29.4. The number of thiazole rings is 1. The Labute approximate surface area is 201 Å². The quantitative estimate of drug-likeness (QED) is 0.0741. The van der Waals surface area contributed by atoms with Gasteiger partial charge in [-0.05, 0) is 0 Å². The number of carboxylic acids is 1. The van der Waals surface area contributed by atoms with Gasteiger partial charge in [-0.25, -0.2) is 15.3 Å². The Morgan fingerprint density at radius 3 is 2.80 bits per heavy atom. The molecule has 4 heterocycles. The molecule has 0 spiro atoms. The topological polar surface area (TPSA) is 240 Å². The number of nitrogens with one attached hydrogen (secondary N) is 2. The molecule has 3 amide bonds. The van der Waals surface area contributed by atoms with Gasteiger partial charge in [0.2, 0.25) is 5.91 Å². The number of aliphatic carboxylic acids is 1. The number of carbonyl (C=O) groups is 5. The fraction of sp³-hybridized carbons (Fsp3) is 0.471. The molecule has 18 heteroatoms. The summed E-state index contributed by atoms with van der Waals surface area (Å²) in [4.78, 5) is 70.0. The van der Waals surface area contributed by atoms with Crippen LogP contribution in [-0.4, -0.2) is 89.8 Å². The van der Waals surface area contributed by atoms with Crippen LogP contribution in [0.5, 0.6) is 0 Å². The molecule has 3 aliphatic rings. The van der Waals surface area contributed by atoms with E-state index < -0.39 is 75.7 Å². The number of nitrogen functional groups attached to an aromatic ring is 1. The summed E-state index contributed by atoms with van der Waals surface area (Å²) in [6.07, 6.45) is -0.277.